The molecule has 0 radical (unpaired) electrons. The maximum absolute atomic E-state index is 12.5. The Bertz CT molecular complexity index is 836. The van der Waals surface area contributed by atoms with Gasteiger partial charge in [0.15, 0.2) is 10.7 Å². The number of nitrogens with one attached hydrogen (secondary N) is 1. The molecule has 8 heteroatoms. The van der Waals surface area contributed by atoms with Crippen LogP contribution in [0.3, 0.4) is 0 Å². The molecular weight excluding hydrogens is 330 g/mol. The van der Waals surface area contributed by atoms with Crippen LogP contribution < -0.4 is 9.62 Å². The van der Waals surface area contributed by atoms with Crippen LogP contribution in [0.15, 0.2) is 33.7 Å². The predicted octanol–water partition coefficient (Wildman–Crippen LogP) is 2.61. The fourth-order valence-electron chi connectivity index (χ4n) is 2.85. The molecule has 1 N–H and O–H groups in total. The lowest BCUT2D eigenvalue weighted by Gasteiger charge is -2.26. The summed E-state index contributed by atoms with van der Waals surface area (Å²) in [6.45, 7) is 3.83. The van der Waals surface area contributed by atoms with Crippen LogP contribution in [0.25, 0.3) is 0 Å². The molecule has 1 aliphatic heterocycles. The topological polar surface area (TPSA) is 92.5 Å². The van der Waals surface area contributed by atoms with Gasteiger partial charge in [0.1, 0.15) is 5.69 Å². The number of hydrogen-bond donors (Lipinski definition) is 1. The molecule has 0 atom stereocenters. The summed E-state index contributed by atoms with van der Waals surface area (Å²) in [6.07, 6.45) is 2.46. The fourth-order valence-corrected chi connectivity index (χ4v) is 4.24. The second-order valence-electron chi connectivity index (χ2n) is 5.81. The van der Waals surface area contributed by atoms with Gasteiger partial charge in [-0.3, -0.25) is 9.52 Å². The van der Waals surface area contributed by atoms with E-state index in [4.69, 9.17) is 4.52 Å². The predicted molar refractivity (Wildman–Crippen MR) is 89.4 cm³/mol. The first-order valence-corrected chi connectivity index (χ1v) is 9.23. The number of nitrogens with zero attached hydrogens (tertiary/aromatic N) is 2. The Morgan fingerprint density at radius 1 is 1.17 bits per heavy atom. The SMILES string of the molecule is Cc1noc(C)c1S(=O)(=O)Nc1ccc(N2CCCCC2=O)cc1. The Morgan fingerprint density at radius 3 is 2.46 bits per heavy atom. The van der Waals surface area contributed by atoms with Crippen molar-refractivity contribution in [3.63, 3.8) is 0 Å². The number of carbonyl (C=O) groups is 1. The number of amides is 1. The molecule has 1 aliphatic rings. The van der Waals surface area contributed by atoms with Crippen LogP contribution in [0.2, 0.25) is 0 Å². The molecule has 0 bridgehead atoms. The number of aromatic nitrogens is 1. The average Bonchev–Trinajstić information content (AvgIpc) is 2.88. The van der Waals surface area contributed by atoms with Gasteiger partial charge in [0.05, 0.1) is 0 Å². The van der Waals surface area contributed by atoms with Crippen LogP contribution in [0.5, 0.6) is 0 Å². The van der Waals surface area contributed by atoms with Gasteiger partial charge in [0, 0.05) is 24.3 Å². The van der Waals surface area contributed by atoms with E-state index in [1.54, 1.807) is 43.0 Å². The monoisotopic (exact) mass is 349 g/mol. The fraction of sp³-hybridized carbons (Fsp3) is 0.375. The summed E-state index contributed by atoms with van der Waals surface area (Å²) in [5.41, 5.74) is 1.51. The molecule has 0 aliphatic carbocycles. The molecule has 1 aromatic carbocycles. The lowest BCUT2D eigenvalue weighted by atomic mass is 10.1. The zero-order chi connectivity index (χ0) is 17.3. The number of aryl methyl sites for hydroxylation is 2. The van der Waals surface area contributed by atoms with E-state index in [2.05, 4.69) is 9.88 Å². The lowest BCUT2D eigenvalue weighted by Crippen LogP contribution is -2.35. The molecule has 7 nitrogen and oxygen atoms in total. The molecule has 0 unspecified atom stereocenters. The number of sulfonamides is 1. The third-order valence-corrected chi connectivity index (χ3v) is 5.62. The molecule has 24 heavy (non-hydrogen) atoms. The molecule has 2 heterocycles. The number of hydrogen-bond acceptors (Lipinski definition) is 5. The Labute approximate surface area is 140 Å². The van der Waals surface area contributed by atoms with Gasteiger partial charge >= 0.3 is 0 Å². The summed E-state index contributed by atoms with van der Waals surface area (Å²) < 4.78 is 32.4. The number of rotatable bonds is 4. The summed E-state index contributed by atoms with van der Waals surface area (Å²) in [5, 5.41) is 3.67. The quantitative estimate of drug-likeness (QED) is 0.916. The van der Waals surface area contributed by atoms with Gasteiger partial charge in [-0.1, -0.05) is 5.16 Å². The minimum absolute atomic E-state index is 0.0535. The van der Waals surface area contributed by atoms with E-state index >= 15 is 0 Å². The van der Waals surface area contributed by atoms with Gasteiger partial charge in [-0.05, 0) is 51.0 Å². The largest absolute Gasteiger partial charge is 0.360 e. The van der Waals surface area contributed by atoms with E-state index in [9.17, 15) is 13.2 Å². The molecule has 1 aromatic heterocycles. The third-order valence-electron chi connectivity index (χ3n) is 3.99. The standard InChI is InChI=1S/C16H19N3O4S/c1-11-16(12(2)23-17-11)24(21,22)18-13-6-8-14(9-7-13)19-10-4-3-5-15(19)20/h6-9,18H,3-5,10H2,1-2H3. The maximum Gasteiger partial charge on any atom is 0.267 e. The second kappa shape index (κ2) is 6.27. The first kappa shape index (κ1) is 16.5. The van der Waals surface area contributed by atoms with Crippen molar-refractivity contribution in [2.24, 2.45) is 0 Å². The van der Waals surface area contributed by atoms with E-state index in [1.165, 1.54) is 0 Å². The highest BCUT2D eigenvalue weighted by atomic mass is 32.2. The van der Waals surface area contributed by atoms with Gasteiger partial charge < -0.3 is 9.42 Å². The van der Waals surface area contributed by atoms with Gasteiger partial charge in [-0.15, -0.1) is 0 Å². The molecule has 0 saturated carbocycles. The van der Waals surface area contributed by atoms with Gasteiger partial charge in [0.2, 0.25) is 5.91 Å². The lowest BCUT2D eigenvalue weighted by molar-refractivity contribution is -0.119. The van der Waals surface area contributed by atoms with Crippen LogP contribution in [0.1, 0.15) is 30.7 Å². The van der Waals surface area contributed by atoms with Crippen molar-refractivity contribution in [1.29, 1.82) is 0 Å². The van der Waals surface area contributed by atoms with Crippen LogP contribution in [-0.2, 0) is 14.8 Å². The van der Waals surface area contributed by atoms with Crippen molar-refractivity contribution in [2.45, 2.75) is 38.0 Å². The molecule has 1 fully saturated rings. The molecule has 128 valence electrons. The minimum atomic E-state index is -3.77. The first-order chi connectivity index (χ1) is 11.4. The Morgan fingerprint density at radius 2 is 1.88 bits per heavy atom. The molecule has 1 amide bonds. The van der Waals surface area contributed by atoms with Gasteiger partial charge in [0.25, 0.3) is 10.0 Å². The first-order valence-electron chi connectivity index (χ1n) is 7.74. The van der Waals surface area contributed by atoms with E-state index < -0.39 is 10.0 Å². The van der Waals surface area contributed by atoms with E-state index in [0.29, 0.717) is 24.3 Å². The molecule has 2 aromatic rings. The van der Waals surface area contributed by atoms with Crippen LogP contribution in [-0.4, -0.2) is 26.0 Å². The van der Waals surface area contributed by atoms with Crippen LogP contribution in [0, 0.1) is 13.8 Å². The highest BCUT2D eigenvalue weighted by Gasteiger charge is 2.24. The summed E-state index contributed by atoms with van der Waals surface area (Å²) in [5.74, 6) is 0.348. The van der Waals surface area contributed by atoms with E-state index in [0.717, 1.165) is 18.5 Å². The highest BCUT2D eigenvalue weighted by Crippen LogP contribution is 2.25. The number of anilines is 2. The molecule has 3 rings (SSSR count). The van der Waals surface area contributed by atoms with Gasteiger partial charge in [-0.2, -0.15) is 0 Å². The van der Waals surface area contributed by atoms with E-state index in [-0.39, 0.29) is 16.6 Å². The van der Waals surface area contributed by atoms with Gasteiger partial charge in [-0.25, -0.2) is 8.42 Å². The smallest absolute Gasteiger partial charge is 0.267 e. The summed E-state index contributed by atoms with van der Waals surface area (Å²) in [4.78, 5) is 13.7. The van der Waals surface area contributed by atoms with Crippen molar-refractivity contribution < 1.29 is 17.7 Å². The third kappa shape index (κ3) is 3.14. The maximum atomic E-state index is 12.5. The van der Waals surface area contributed by atoms with Crippen molar-refractivity contribution in [2.75, 3.05) is 16.2 Å². The van der Waals surface area contributed by atoms with Crippen LogP contribution in [0.4, 0.5) is 11.4 Å². The molecular formula is C16H19N3O4S. The zero-order valence-corrected chi connectivity index (χ0v) is 14.4. The van der Waals surface area contributed by atoms with Crippen molar-refractivity contribution >= 4 is 27.3 Å². The summed E-state index contributed by atoms with van der Waals surface area (Å²) in [7, 11) is -3.77. The van der Waals surface area contributed by atoms with Crippen molar-refractivity contribution in [3.8, 4) is 0 Å². The summed E-state index contributed by atoms with van der Waals surface area (Å²) >= 11 is 0. The summed E-state index contributed by atoms with van der Waals surface area (Å²) in [6, 6.07) is 6.78. The Kier molecular flexibility index (Phi) is 4.31. The second-order valence-corrected chi connectivity index (χ2v) is 7.43. The number of benzene rings is 1. The Hall–Kier alpha value is -2.35. The Balaban J connectivity index is 1.80. The van der Waals surface area contributed by atoms with Crippen molar-refractivity contribution in [3.05, 3.63) is 35.7 Å². The number of piperidine rings is 1. The highest BCUT2D eigenvalue weighted by molar-refractivity contribution is 7.92. The minimum Gasteiger partial charge on any atom is -0.360 e. The zero-order valence-electron chi connectivity index (χ0n) is 13.6. The van der Waals surface area contributed by atoms with E-state index in [1.807, 2.05) is 0 Å². The normalized spacial score (nSPS) is 15.6. The van der Waals surface area contributed by atoms with Crippen LogP contribution >= 0.6 is 0 Å². The molecule has 1 saturated heterocycles. The average molecular weight is 349 g/mol. The molecule has 0 spiro atoms. The van der Waals surface area contributed by atoms with Crippen molar-refractivity contribution in [1.82, 2.24) is 5.16 Å². The number of carbonyl (C=O) groups excluding carboxylic acids is 1.